The van der Waals surface area contributed by atoms with Crippen LogP contribution in [0.5, 0.6) is 0 Å². The smallest absolute Gasteiger partial charge is 0.123 e. The molecule has 2 rings (SSSR count). The minimum absolute atomic E-state index is 0.174. The zero-order chi connectivity index (χ0) is 10.1. The van der Waals surface area contributed by atoms with Gasteiger partial charge in [-0.2, -0.15) is 0 Å². The number of hydrogen-bond acceptors (Lipinski definition) is 2. The van der Waals surface area contributed by atoms with Crippen LogP contribution in [-0.2, 0) is 10.8 Å². The highest BCUT2D eigenvalue weighted by Crippen LogP contribution is 2.27. The van der Waals surface area contributed by atoms with Crippen LogP contribution in [0.2, 0.25) is 0 Å². The van der Waals surface area contributed by atoms with Crippen LogP contribution in [0.3, 0.4) is 0 Å². The Kier molecular flexibility index (Phi) is 2.65. The maximum absolute atomic E-state index is 13.0. The predicted octanol–water partition coefficient (Wildman–Crippen LogP) is 1.73. The minimum Gasteiger partial charge on any atom is -0.324 e. The lowest BCUT2D eigenvalue weighted by molar-refractivity contribution is 0.603. The summed E-state index contributed by atoms with van der Waals surface area (Å²) >= 11 is 0. The summed E-state index contributed by atoms with van der Waals surface area (Å²) in [5, 5.41) is 0. The van der Waals surface area contributed by atoms with Gasteiger partial charge in [0.2, 0.25) is 0 Å². The third-order valence-corrected chi connectivity index (χ3v) is 3.98. The van der Waals surface area contributed by atoms with Gasteiger partial charge in [-0.3, -0.25) is 4.21 Å². The van der Waals surface area contributed by atoms with Crippen molar-refractivity contribution in [3.63, 3.8) is 0 Å². The largest absolute Gasteiger partial charge is 0.324 e. The summed E-state index contributed by atoms with van der Waals surface area (Å²) < 4.78 is 24.7. The molecule has 1 aliphatic rings. The van der Waals surface area contributed by atoms with E-state index in [0.717, 1.165) is 12.8 Å². The Labute approximate surface area is 84.8 Å². The molecule has 2 atom stereocenters. The summed E-state index contributed by atoms with van der Waals surface area (Å²) in [4.78, 5) is 0.705. The van der Waals surface area contributed by atoms with E-state index in [9.17, 15) is 8.60 Å². The summed E-state index contributed by atoms with van der Waals surface area (Å²) in [6, 6.07) is 4.16. The topological polar surface area (TPSA) is 43.1 Å². The third-order valence-electron chi connectivity index (χ3n) is 2.46. The molecule has 1 aromatic rings. The molecule has 0 amide bonds. The third kappa shape index (κ3) is 1.72. The normalized spacial score (nSPS) is 26.7. The monoisotopic (exact) mass is 213 g/mol. The molecule has 0 aromatic heterocycles. The summed E-state index contributed by atoms with van der Waals surface area (Å²) in [5.74, 6) is 0.324. The van der Waals surface area contributed by atoms with E-state index < -0.39 is 10.8 Å². The molecule has 0 saturated heterocycles. The first kappa shape index (κ1) is 9.80. The van der Waals surface area contributed by atoms with E-state index in [1.165, 1.54) is 12.1 Å². The Morgan fingerprint density at radius 2 is 2.29 bits per heavy atom. The first-order valence-electron chi connectivity index (χ1n) is 4.62. The standard InChI is InChI=1S/C10H12FNOS/c11-7-3-4-10-8(6-7)9(12)2-1-5-14(10)13/h3-4,6,9H,1-2,5,12H2. The van der Waals surface area contributed by atoms with E-state index >= 15 is 0 Å². The van der Waals surface area contributed by atoms with Crippen LogP contribution in [0, 0.1) is 5.82 Å². The number of rotatable bonds is 0. The molecule has 1 aromatic carbocycles. The highest BCUT2D eigenvalue weighted by Gasteiger charge is 2.20. The van der Waals surface area contributed by atoms with Crippen LogP contribution in [0.4, 0.5) is 4.39 Å². The Morgan fingerprint density at radius 1 is 1.50 bits per heavy atom. The molecule has 2 unspecified atom stereocenters. The maximum Gasteiger partial charge on any atom is 0.123 e. The van der Waals surface area contributed by atoms with Gasteiger partial charge in [-0.1, -0.05) is 0 Å². The number of fused-ring (bicyclic) bond motifs is 1. The van der Waals surface area contributed by atoms with Crippen molar-refractivity contribution in [3.8, 4) is 0 Å². The Hall–Kier alpha value is -0.740. The molecular weight excluding hydrogens is 201 g/mol. The first-order valence-corrected chi connectivity index (χ1v) is 5.94. The molecule has 0 fully saturated rings. The average Bonchev–Trinajstić information content (AvgIpc) is 2.28. The Morgan fingerprint density at radius 3 is 3.07 bits per heavy atom. The number of halogens is 1. The van der Waals surface area contributed by atoms with Gasteiger partial charge in [-0.05, 0) is 36.6 Å². The SMILES string of the molecule is NC1CCCS(=O)c2ccc(F)cc21. The van der Waals surface area contributed by atoms with Crippen LogP contribution >= 0.6 is 0 Å². The zero-order valence-electron chi connectivity index (χ0n) is 7.70. The predicted molar refractivity (Wildman–Crippen MR) is 53.8 cm³/mol. The molecule has 1 aliphatic heterocycles. The van der Waals surface area contributed by atoms with Crippen molar-refractivity contribution >= 4 is 10.8 Å². The molecule has 1 heterocycles. The molecule has 0 saturated carbocycles. The molecule has 2 N–H and O–H groups in total. The molecular formula is C10H12FNOS. The molecule has 2 nitrogen and oxygen atoms in total. The maximum atomic E-state index is 13.0. The van der Waals surface area contributed by atoms with Crippen molar-refractivity contribution in [2.75, 3.05) is 5.75 Å². The Bertz CT molecular complexity index is 380. The second-order valence-corrected chi connectivity index (χ2v) is 5.02. The molecule has 0 radical (unpaired) electrons. The molecule has 0 spiro atoms. The van der Waals surface area contributed by atoms with E-state index in [0.29, 0.717) is 16.2 Å². The van der Waals surface area contributed by atoms with Gasteiger partial charge < -0.3 is 5.73 Å². The summed E-state index contributed by atoms with van der Waals surface area (Å²) in [5.41, 5.74) is 6.59. The lowest BCUT2D eigenvalue weighted by Crippen LogP contribution is -2.10. The number of hydrogen-bond donors (Lipinski definition) is 1. The van der Waals surface area contributed by atoms with E-state index in [1.807, 2.05) is 0 Å². The van der Waals surface area contributed by atoms with Crippen LogP contribution < -0.4 is 5.73 Å². The fourth-order valence-corrected chi connectivity index (χ4v) is 3.06. The van der Waals surface area contributed by atoms with Gasteiger partial charge in [-0.15, -0.1) is 0 Å². The van der Waals surface area contributed by atoms with Crippen molar-refractivity contribution < 1.29 is 8.60 Å². The van der Waals surface area contributed by atoms with E-state index in [-0.39, 0.29) is 11.9 Å². The highest BCUT2D eigenvalue weighted by atomic mass is 32.2. The van der Waals surface area contributed by atoms with E-state index in [4.69, 9.17) is 5.73 Å². The van der Waals surface area contributed by atoms with Crippen molar-refractivity contribution in [3.05, 3.63) is 29.6 Å². The molecule has 0 aliphatic carbocycles. The highest BCUT2D eigenvalue weighted by molar-refractivity contribution is 7.85. The lowest BCUT2D eigenvalue weighted by Gasteiger charge is -2.11. The van der Waals surface area contributed by atoms with E-state index in [1.54, 1.807) is 6.07 Å². The van der Waals surface area contributed by atoms with Crippen LogP contribution in [0.15, 0.2) is 23.1 Å². The van der Waals surface area contributed by atoms with Gasteiger partial charge in [-0.25, -0.2) is 4.39 Å². The fourth-order valence-electron chi connectivity index (χ4n) is 1.72. The van der Waals surface area contributed by atoms with Crippen molar-refractivity contribution in [2.24, 2.45) is 5.73 Å². The molecule has 4 heteroatoms. The van der Waals surface area contributed by atoms with Gasteiger partial charge in [0.15, 0.2) is 0 Å². The second kappa shape index (κ2) is 3.79. The molecule has 76 valence electrons. The van der Waals surface area contributed by atoms with E-state index in [2.05, 4.69) is 0 Å². The van der Waals surface area contributed by atoms with Gasteiger partial charge >= 0.3 is 0 Å². The quantitative estimate of drug-likeness (QED) is 0.713. The zero-order valence-corrected chi connectivity index (χ0v) is 8.52. The van der Waals surface area contributed by atoms with Crippen LogP contribution in [0.25, 0.3) is 0 Å². The van der Waals surface area contributed by atoms with Gasteiger partial charge in [0.05, 0.1) is 10.8 Å². The summed E-state index contributed by atoms with van der Waals surface area (Å²) in [7, 11) is -1.01. The number of nitrogens with two attached hydrogens (primary N) is 1. The number of benzene rings is 1. The average molecular weight is 213 g/mol. The van der Waals surface area contributed by atoms with Crippen LogP contribution in [0.1, 0.15) is 24.4 Å². The lowest BCUT2D eigenvalue weighted by atomic mass is 10.0. The molecule has 0 bridgehead atoms. The van der Waals surface area contributed by atoms with Crippen molar-refractivity contribution in [1.29, 1.82) is 0 Å². The Balaban J connectivity index is 2.54. The van der Waals surface area contributed by atoms with Crippen molar-refractivity contribution in [2.45, 2.75) is 23.8 Å². The fraction of sp³-hybridized carbons (Fsp3) is 0.400. The molecule has 14 heavy (non-hydrogen) atoms. The van der Waals surface area contributed by atoms with Gasteiger partial charge in [0.25, 0.3) is 0 Å². The first-order chi connectivity index (χ1) is 6.68. The van der Waals surface area contributed by atoms with Gasteiger partial charge in [0.1, 0.15) is 5.82 Å². The summed E-state index contributed by atoms with van der Waals surface area (Å²) in [6.45, 7) is 0. The summed E-state index contributed by atoms with van der Waals surface area (Å²) in [6.07, 6.45) is 1.62. The minimum atomic E-state index is -1.01. The van der Waals surface area contributed by atoms with Crippen molar-refractivity contribution in [1.82, 2.24) is 0 Å². The van der Waals surface area contributed by atoms with Gasteiger partial charge in [0, 0.05) is 16.7 Å². The second-order valence-electron chi connectivity index (χ2n) is 3.48. The van der Waals surface area contributed by atoms with Crippen LogP contribution in [-0.4, -0.2) is 9.96 Å².